The number of carbonyl (C=O) groups excluding carboxylic acids is 3. The highest BCUT2D eigenvalue weighted by Crippen LogP contribution is 2.42. The second kappa shape index (κ2) is 23.9. The summed E-state index contributed by atoms with van der Waals surface area (Å²) < 4.78 is 39.9. The van der Waals surface area contributed by atoms with Crippen molar-refractivity contribution < 1.29 is 32.6 Å². The molecule has 2 amide bonds. The fraction of sp³-hybridized carbons (Fsp3) is 0.659. The maximum absolute atomic E-state index is 14.2. The van der Waals surface area contributed by atoms with Crippen molar-refractivity contribution in [3.05, 3.63) is 63.1 Å². The van der Waals surface area contributed by atoms with Crippen LogP contribution in [0.1, 0.15) is 166 Å². The smallest absolute Gasteiger partial charge is 0.434 e. The van der Waals surface area contributed by atoms with Gasteiger partial charge in [0.25, 0.3) is 11.8 Å². The lowest BCUT2D eigenvalue weighted by Gasteiger charge is -2.46. The van der Waals surface area contributed by atoms with E-state index in [1.54, 1.807) is 16.5 Å². The van der Waals surface area contributed by atoms with Crippen LogP contribution in [0.3, 0.4) is 0 Å². The molecule has 2 aliphatic heterocycles. The summed E-state index contributed by atoms with van der Waals surface area (Å²) in [6, 6.07) is 2.86. The van der Waals surface area contributed by atoms with Crippen molar-refractivity contribution >= 4 is 23.7 Å². The zero-order valence-corrected chi connectivity index (χ0v) is 35.7. The molecule has 0 spiro atoms. The van der Waals surface area contributed by atoms with Gasteiger partial charge in [-0.25, -0.2) is 13.6 Å². The van der Waals surface area contributed by atoms with Crippen LogP contribution in [0.2, 0.25) is 0 Å². The van der Waals surface area contributed by atoms with Gasteiger partial charge in [0.2, 0.25) is 11.2 Å². The van der Waals surface area contributed by atoms with Gasteiger partial charge in [-0.05, 0) is 64.9 Å². The highest BCUT2D eigenvalue weighted by Gasteiger charge is 2.48. The molecule has 2 aromatic rings. The Morgan fingerprint density at radius 3 is 2.09 bits per heavy atom. The first-order valence-corrected chi connectivity index (χ1v) is 20.7. The Balaban J connectivity index is 0.000000862. The van der Waals surface area contributed by atoms with Gasteiger partial charge >= 0.3 is 6.16 Å². The second-order valence-electron chi connectivity index (χ2n) is 15.5. The van der Waals surface area contributed by atoms with Crippen LogP contribution in [0.15, 0.2) is 34.2 Å². The number of fused-ring (bicyclic) bond motifs is 4. The Kier molecular flexibility index (Phi) is 20.5. The van der Waals surface area contributed by atoms with Crippen LogP contribution < -0.4 is 15.5 Å². The van der Waals surface area contributed by atoms with Gasteiger partial charge < -0.3 is 24.3 Å². The highest BCUT2D eigenvalue weighted by atomic mass is 19.1. The van der Waals surface area contributed by atoms with Gasteiger partial charge in [0, 0.05) is 49.7 Å². The normalized spacial score (nSPS) is 19.3. The SMILES string of the molecule is CC.CC1CC1.CCCCCCCCCCOC(=O)Oc1c2n(cc(C(=O)NCc3ccc(F)cc3F)c1=O)C1(C)CN(C2=O)C(C)CCC1C.CN=C(C)C. The van der Waals surface area contributed by atoms with Crippen LogP contribution in [0.4, 0.5) is 13.6 Å². The van der Waals surface area contributed by atoms with Crippen molar-refractivity contribution in [3.8, 4) is 5.75 Å². The third kappa shape index (κ3) is 14.1. The molecule has 0 radical (unpaired) electrons. The maximum Gasteiger partial charge on any atom is 0.514 e. The van der Waals surface area contributed by atoms with Crippen molar-refractivity contribution in [2.24, 2.45) is 16.8 Å². The van der Waals surface area contributed by atoms with Gasteiger partial charge in [-0.2, -0.15) is 0 Å². The predicted molar refractivity (Wildman–Crippen MR) is 220 cm³/mol. The van der Waals surface area contributed by atoms with Crippen LogP contribution in [0.5, 0.6) is 5.75 Å². The largest absolute Gasteiger partial charge is 0.514 e. The molecule has 2 fully saturated rings. The summed E-state index contributed by atoms with van der Waals surface area (Å²) in [4.78, 5) is 59.3. The number of hydrogen-bond acceptors (Lipinski definition) is 7. The molecule has 1 aromatic carbocycles. The number of nitrogens with zero attached hydrogens (tertiary/aromatic N) is 3. The van der Waals surface area contributed by atoms with E-state index in [0.717, 1.165) is 49.8 Å². The molecule has 1 saturated heterocycles. The summed E-state index contributed by atoms with van der Waals surface area (Å²) in [5, 5.41) is 2.50. The summed E-state index contributed by atoms with van der Waals surface area (Å²) in [5.41, 5.74) is -1.02. The quantitative estimate of drug-likeness (QED) is 0.123. The van der Waals surface area contributed by atoms with E-state index in [4.69, 9.17) is 9.47 Å². The zero-order valence-electron chi connectivity index (χ0n) is 35.7. The van der Waals surface area contributed by atoms with Crippen LogP contribution in [-0.2, 0) is 16.8 Å². The molecule has 3 unspecified atom stereocenters. The number of amides is 2. The lowest BCUT2D eigenvalue weighted by Crippen LogP contribution is -2.56. The lowest BCUT2D eigenvalue weighted by molar-refractivity contribution is 0.0447. The number of unbranched alkanes of at least 4 members (excludes halogenated alkanes) is 7. The zero-order chi connectivity index (χ0) is 42.0. The Morgan fingerprint density at radius 2 is 1.54 bits per heavy atom. The number of rotatable bonds is 13. The number of aliphatic imine (C=N–C) groups is 1. The first kappa shape index (κ1) is 48.1. The summed E-state index contributed by atoms with van der Waals surface area (Å²) in [6.45, 7) is 18.4. The van der Waals surface area contributed by atoms with E-state index < -0.39 is 46.3 Å². The molecule has 12 heteroatoms. The molecule has 1 saturated carbocycles. The summed E-state index contributed by atoms with van der Waals surface area (Å²) >= 11 is 0. The van der Waals surface area contributed by atoms with Gasteiger partial charge in [0.05, 0.1) is 12.1 Å². The van der Waals surface area contributed by atoms with E-state index >= 15 is 0 Å². The maximum atomic E-state index is 14.2. The van der Waals surface area contributed by atoms with Crippen LogP contribution in [0, 0.1) is 23.5 Å². The van der Waals surface area contributed by atoms with E-state index in [2.05, 4.69) is 24.2 Å². The van der Waals surface area contributed by atoms with Crippen molar-refractivity contribution in [2.75, 3.05) is 20.2 Å². The van der Waals surface area contributed by atoms with E-state index in [-0.39, 0.29) is 41.9 Å². The van der Waals surface area contributed by atoms with Crippen molar-refractivity contribution in [3.63, 3.8) is 0 Å². The number of carbonyl (C=O) groups is 3. The molecule has 1 aromatic heterocycles. The van der Waals surface area contributed by atoms with Crippen LogP contribution in [-0.4, -0.2) is 59.4 Å². The lowest BCUT2D eigenvalue weighted by atomic mass is 9.82. The van der Waals surface area contributed by atoms with E-state index in [1.165, 1.54) is 50.8 Å². The van der Waals surface area contributed by atoms with Gasteiger partial charge in [0.15, 0.2) is 5.69 Å². The molecular weight excluding hydrogens is 719 g/mol. The van der Waals surface area contributed by atoms with Gasteiger partial charge in [0.1, 0.15) is 17.2 Å². The van der Waals surface area contributed by atoms with Crippen molar-refractivity contribution in [1.29, 1.82) is 0 Å². The number of nitrogens with one attached hydrogen (secondary N) is 1. The van der Waals surface area contributed by atoms with Gasteiger partial charge in [-0.3, -0.25) is 19.4 Å². The predicted octanol–water partition coefficient (Wildman–Crippen LogP) is 10.2. The fourth-order valence-electron chi connectivity index (χ4n) is 6.39. The minimum absolute atomic E-state index is 0.0213. The molecule has 1 aliphatic carbocycles. The van der Waals surface area contributed by atoms with E-state index in [1.807, 2.05) is 48.5 Å². The van der Waals surface area contributed by atoms with Crippen LogP contribution >= 0.6 is 0 Å². The number of halogens is 2. The number of ether oxygens (including phenoxy) is 2. The highest BCUT2D eigenvalue weighted by molar-refractivity contribution is 6.00. The number of benzene rings is 1. The Bertz CT molecular complexity index is 1670. The second-order valence-corrected chi connectivity index (χ2v) is 15.5. The molecule has 3 heterocycles. The molecule has 1 N–H and O–H groups in total. The van der Waals surface area contributed by atoms with Crippen LogP contribution in [0.25, 0.3) is 0 Å². The number of hydrogen-bond donors (Lipinski definition) is 1. The third-order valence-electron chi connectivity index (χ3n) is 10.7. The molecule has 3 atom stereocenters. The minimum atomic E-state index is -1.13. The molecule has 3 aliphatic rings. The van der Waals surface area contributed by atoms with Gasteiger partial charge in [-0.1, -0.05) is 98.5 Å². The number of pyridine rings is 1. The fourth-order valence-corrected chi connectivity index (χ4v) is 6.39. The average molecular weight is 787 g/mol. The Morgan fingerprint density at radius 1 is 0.946 bits per heavy atom. The summed E-state index contributed by atoms with van der Waals surface area (Å²) in [7, 11) is 1.79. The summed E-state index contributed by atoms with van der Waals surface area (Å²) in [6.07, 6.45) is 13.1. The van der Waals surface area contributed by atoms with E-state index in [9.17, 15) is 28.0 Å². The Labute approximate surface area is 333 Å². The molecule has 5 rings (SSSR count). The Hall–Kier alpha value is -4.09. The minimum Gasteiger partial charge on any atom is -0.434 e. The van der Waals surface area contributed by atoms with E-state index in [0.29, 0.717) is 19.0 Å². The molecule has 2 bridgehead atoms. The van der Waals surface area contributed by atoms with Gasteiger partial charge in [-0.15, -0.1) is 0 Å². The molecule has 10 nitrogen and oxygen atoms in total. The molecule has 56 heavy (non-hydrogen) atoms. The first-order chi connectivity index (χ1) is 26.6. The first-order valence-electron chi connectivity index (χ1n) is 20.7. The monoisotopic (exact) mass is 787 g/mol. The standard InChI is InChI=1S/C34H45F2N3O6.C4H9N.C4H8.C2H6/c1-5-6-7-8-9-10-11-12-17-44-33(43)45-30-28-32(42)38-21-34(4,22(2)13-14-23(38)3)39(28)20-26(29(30)40)31(41)37-19-24-15-16-25(35)18-27(24)36;1-4(2)5-3;1-4-2-3-4;1-2/h15-16,18,20,22-23H,5-14,17,19,21H2,1-4H3,(H,37,41);1-3H3;4H,2-3H2,1H3;1-2H3. The average Bonchev–Trinajstić information content (AvgIpc) is 3.98. The molecular formula is C44H68F2N4O6. The topological polar surface area (TPSA) is 119 Å². The van der Waals surface area contributed by atoms with Crippen molar-refractivity contribution in [2.45, 2.75) is 157 Å². The van der Waals surface area contributed by atoms with Crippen molar-refractivity contribution in [1.82, 2.24) is 14.8 Å². The molecule has 314 valence electrons. The summed E-state index contributed by atoms with van der Waals surface area (Å²) in [5.74, 6) is -2.39. The third-order valence-corrected chi connectivity index (χ3v) is 10.7. The number of aromatic nitrogens is 1.